The average Bonchev–Trinajstić information content (AvgIpc) is 2.83. The van der Waals surface area contributed by atoms with Gasteiger partial charge in [-0.25, -0.2) is 8.42 Å². The minimum atomic E-state index is -3.42. The Labute approximate surface area is 145 Å². The number of sulfonamides is 1. The van der Waals surface area contributed by atoms with E-state index in [1.807, 2.05) is 13.0 Å². The summed E-state index contributed by atoms with van der Waals surface area (Å²) >= 11 is 10.2. The molecule has 1 atom stereocenters. The van der Waals surface area contributed by atoms with Gasteiger partial charge in [0.1, 0.15) is 0 Å². The molecule has 7 heteroatoms. The zero-order chi connectivity index (χ0) is 14.9. The highest BCUT2D eigenvalue weighted by Gasteiger charge is 2.33. The lowest BCUT2D eigenvalue weighted by atomic mass is 10.1. The van der Waals surface area contributed by atoms with Crippen molar-refractivity contribution in [2.45, 2.75) is 24.7 Å². The number of alkyl halides is 1. The van der Waals surface area contributed by atoms with E-state index in [0.29, 0.717) is 28.4 Å². The van der Waals surface area contributed by atoms with E-state index >= 15 is 0 Å². The Morgan fingerprint density at radius 3 is 2.65 bits per heavy atom. The van der Waals surface area contributed by atoms with Gasteiger partial charge in [0.25, 0.3) is 0 Å². The van der Waals surface area contributed by atoms with Gasteiger partial charge < -0.3 is 0 Å². The molecule has 0 aromatic heterocycles. The summed E-state index contributed by atoms with van der Waals surface area (Å²) in [5.41, 5.74) is 1.01. The maximum atomic E-state index is 12.7. The Hall–Kier alpha value is 0.570. The van der Waals surface area contributed by atoms with Crippen molar-refractivity contribution in [1.82, 2.24) is 4.31 Å². The van der Waals surface area contributed by atoms with Gasteiger partial charge in [0.05, 0.1) is 4.90 Å². The SMILES string of the molecule is Cc1cc(Br)c(S(=O)(=O)N2CCC(CCBr)C2)cc1Br. The van der Waals surface area contributed by atoms with Crippen LogP contribution in [0.1, 0.15) is 18.4 Å². The van der Waals surface area contributed by atoms with Crippen LogP contribution >= 0.6 is 47.8 Å². The Bertz CT molecular complexity index is 604. The van der Waals surface area contributed by atoms with Gasteiger partial charge in [0, 0.05) is 27.4 Å². The molecule has 1 saturated heterocycles. The molecule has 1 aromatic rings. The molecule has 0 amide bonds. The van der Waals surface area contributed by atoms with Gasteiger partial charge in [-0.2, -0.15) is 4.31 Å². The van der Waals surface area contributed by atoms with Crippen LogP contribution in [0.25, 0.3) is 0 Å². The van der Waals surface area contributed by atoms with Crippen molar-refractivity contribution in [1.29, 1.82) is 0 Å². The molecule has 0 aliphatic carbocycles. The average molecular weight is 490 g/mol. The monoisotopic (exact) mass is 487 g/mol. The molecule has 112 valence electrons. The topological polar surface area (TPSA) is 37.4 Å². The summed E-state index contributed by atoms with van der Waals surface area (Å²) in [7, 11) is -3.42. The summed E-state index contributed by atoms with van der Waals surface area (Å²) in [6.45, 7) is 3.16. The van der Waals surface area contributed by atoms with Crippen LogP contribution in [0.2, 0.25) is 0 Å². The van der Waals surface area contributed by atoms with E-state index < -0.39 is 10.0 Å². The van der Waals surface area contributed by atoms with Crippen LogP contribution < -0.4 is 0 Å². The number of hydrogen-bond donors (Lipinski definition) is 0. The largest absolute Gasteiger partial charge is 0.244 e. The van der Waals surface area contributed by atoms with Crippen molar-refractivity contribution in [3.8, 4) is 0 Å². The third kappa shape index (κ3) is 3.48. The lowest BCUT2D eigenvalue weighted by Gasteiger charge is -2.18. The Balaban J connectivity index is 2.30. The third-order valence-corrected chi connectivity index (χ3v) is 7.73. The minimum Gasteiger partial charge on any atom is -0.207 e. The number of aryl methyl sites for hydroxylation is 1. The van der Waals surface area contributed by atoms with E-state index in [1.54, 1.807) is 10.4 Å². The van der Waals surface area contributed by atoms with Crippen LogP contribution in [-0.2, 0) is 10.0 Å². The number of hydrogen-bond acceptors (Lipinski definition) is 2. The molecular weight excluding hydrogens is 474 g/mol. The van der Waals surface area contributed by atoms with Gasteiger partial charge in [0.2, 0.25) is 10.0 Å². The van der Waals surface area contributed by atoms with Crippen molar-refractivity contribution in [2.24, 2.45) is 5.92 Å². The van der Waals surface area contributed by atoms with Crippen molar-refractivity contribution in [3.05, 3.63) is 26.6 Å². The van der Waals surface area contributed by atoms with E-state index in [1.165, 1.54) is 0 Å². The summed E-state index contributed by atoms with van der Waals surface area (Å²) in [6, 6.07) is 3.52. The molecule has 1 heterocycles. The Morgan fingerprint density at radius 1 is 1.30 bits per heavy atom. The van der Waals surface area contributed by atoms with Crippen molar-refractivity contribution in [2.75, 3.05) is 18.4 Å². The number of benzene rings is 1. The van der Waals surface area contributed by atoms with Crippen LogP contribution in [0.5, 0.6) is 0 Å². The van der Waals surface area contributed by atoms with Gasteiger partial charge in [-0.1, -0.05) is 31.9 Å². The molecule has 20 heavy (non-hydrogen) atoms. The lowest BCUT2D eigenvalue weighted by molar-refractivity contribution is 0.454. The molecule has 2 rings (SSSR count). The maximum absolute atomic E-state index is 12.7. The molecule has 0 N–H and O–H groups in total. The highest BCUT2D eigenvalue weighted by Crippen LogP contribution is 2.33. The van der Waals surface area contributed by atoms with Gasteiger partial charge >= 0.3 is 0 Å². The predicted octanol–water partition coefficient (Wildman–Crippen LogP) is 4.32. The van der Waals surface area contributed by atoms with Gasteiger partial charge in [0.15, 0.2) is 0 Å². The first kappa shape index (κ1) is 16.9. The zero-order valence-corrected chi connectivity index (χ0v) is 16.6. The van der Waals surface area contributed by atoms with Gasteiger partial charge in [-0.3, -0.25) is 0 Å². The van der Waals surface area contributed by atoms with Crippen molar-refractivity contribution >= 4 is 57.8 Å². The minimum absolute atomic E-state index is 0.342. The van der Waals surface area contributed by atoms with Crippen molar-refractivity contribution < 1.29 is 8.42 Å². The second-order valence-electron chi connectivity index (χ2n) is 5.03. The van der Waals surface area contributed by atoms with E-state index in [9.17, 15) is 8.42 Å². The summed E-state index contributed by atoms with van der Waals surface area (Å²) in [4.78, 5) is 0.342. The molecule has 1 fully saturated rings. The number of rotatable bonds is 4. The fourth-order valence-corrected chi connectivity index (χ4v) is 6.19. The Kier molecular flexibility index (Phi) is 5.73. The van der Waals surface area contributed by atoms with E-state index in [2.05, 4.69) is 47.8 Å². The van der Waals surface area contributed by atoms with E-state index in [-0.39, 0.29) is 0 Å². The molecule has 1 aromatic carbocycles. The molecule has 0 spiro atoms. The highest BCUT2D eigenvalue weighted by molar-refractivity contribution is 9.11. The molecule has 0 saturated carbocycles. The summed E-state index contributed by atoms with van der Waals surface area (Å²) in [5, 5.41) is 0.922. The second kappa shape index (κ2) is 6.77. The quantitative estimate of drug-likeness (QED) is 0.591. The first-order chi connectivity index (χ1) is 9.36. The summed E-state index contributed by atoms with van der Waals surface area (Å²) in [5.74, 6) is 0.455. The van der Waals surface area contributed by atoms with Crippen LogP contribution in [-0.4, -0.2) is 31.1 Å². The standard InChI is InChI=1S/C13H16Br3NO2S/c1-9-6-12(16)13(7-11(9)15)20(18,19)17-5-3-10(8-17)2-4-14/h6-7,10H,2-5,8H2,1H3. The normalized spacial score (nSPS) is 20.5. The van der Waals surface area contributed by atoms with Crippen LogP contribution in [0.15, 0.2) is 26.0 Å². The predicted molar refractivity (Wildman–Crippen MR) is 91.9 cm³/mol. The first-order valence-corrected chi connectivity index (χ1v) is 10.5. The molecule has 0 radical (unpaired) electrons. The van der Waals surface area contributed by atoms with Gasteiger partial charge in [-0.05, 0) is 59.3 Å². The maximum Gasteiger partial charge on any atom is 0.244 e. The lowest BCUT2D eigenvalue weighted by Crippen LogP contribution is -2.29. The van der Waals surface area contributed by atoms with E-state index in [0.717, 1.165) is 28.2 Å². The summed E-state index contributed by atoms with van der Waals surface area (Å²) in [6.07, 6.45) is 1.96. The summed E-state index contributed by atoms with van der Waals surface area (Å²) < 4.78 is 28.5. The molecular formula is C13H16Br3NO2S. The van der Waals surface area contributed by atoms with Crippen LogP contribution in [0.4, 0.5) is 0 Å². The number of halogens is 3. The van der Waals surface area contributed by atoms with E-state index in [4.69, 9.17) is 0 Å². The molecule has 1 aliphatic heterocycles. The van der Waals surface area contributed by atoms with Gasteiger partial charge in [-0.15, -0.1) is 0 Å². The fourth-order valence-electron chi connectivity index (χ4n) is 2.37. The fraction of sp³-hybridized carbons (Fsp3) is 0.538. The highest BCUT2D eigenvalue weighted by atomic mass is 79.9. The second-order valence-corrected chi connectivity index (χ2v) is 9.44. The first-order valence-electron chi connectivity index (χ1n) is 6.38. The number of nitrogens with zero attached hydrogens (tertiary/aromatic N) is 1. The molecule has 1 unspecified atom stereocenters. The third-order valence-electron chi connectivity index (χ3n) is 3.60. The van der Waals surface area contributed by atoms with Crippen LogP contribution in [0, 0.1) is 12.8 Å². The smallest absolute Gasteiger partial charge is 0.207 e. The van der Waals surface area contributed by atoms with Crippen LogP contribution in [0.3, 0.4) is 0 Å². The molecule has 3 nitrogen and oxygen atoms in total. The molecule has 1 aliphatic rings. The zero-order valence-electron chi connectivity index (χ0n) is 11.1. The Morgan fingerprint density at radius 2 is 2.00 bits per heavy atom. The van der Waals surface area contributed by atoms with Crippen molar-refractivity contribution in [3.63, 3.8) is 0 Å². The molecule has 0 bridgehead atoms.